The molecule has 56 heavy (non-hydrogen) atoms. The van der Waals surface area contributed by atoms with Crippen molar-refractivity contribution in [2.75, 3.05) is 41.0 Å². The predicted molar refractivity (Wildman–Crippen MR) is 234 cm³/mol. The Labute approximate surface area is 343 Å². The quantitative estimate of drug-likeness (QED) is 0.0287. The second kappa shape index (κ2) is 38.9. The van der Waals surface area contributed by atoms with Crippen molar-refractivity contribution in [3.63, 3.8) is 0 Å². The fraction of sp³-hybridized carbons (Fsp3) is 0.729. The number of esters is 2. The van der Waals surface area contributed by atoms with Crippen molar-refractivity contribution in [1.29, 1.82) is 0 Å². The van der Waals surface area contributed by atoms with E-state index in [1.165, 1.54) is 77.0 Å². The summed E-state index contributed by atoms with van der Waals surface area (Å²) in [6.07, 6.45) is 47.1. The third-order valence-corrected chi connectivity index (χ3v) is 9.66. The van der Waals surface area contributed by atoms with E-state index in [4.69, 9.17) is 14.2 Å². The average Bonchev–Trinajstić information content (AvgIpc) is 3.15. The zero-order chi connectivity index (χ0) is 41.4. The van der Waals surface area contributed by atoms with E-state index >= 15 is 0 Å². The van der Waals surface area contributed by atoms with E-state index < -0.39 is 18.1 Å². The van der Waals surface area contributed by atoms with Crippen LogP contribution in [0.3, 0.4) is 0 Å². The van der Waals surface area contributed by atoms with Gasteiger partial charge in [0, 0.05) is 19.3 Å². The number of nitrogens with zero attached hydrogens (tertiary/aromatic N) is 1. The normalized spacial score (nSPS) is 13.5. The van der Waals surface area contributed by atoms with E-state index in [2.05, 4.69) is 68.5 Å². The van der Waals surface area contributed by atoms with E-state index in [1.807, 2.05) is 27.2 Å². The largest absolute Gasteiger partial charge is 0.477 e. The van der Waals surface area contributed by atoms with E-state index in [0.29, 0.717) is 19.3 Å². The number of rotatable bonds is 39. The number of carboxylic acids is 1. The van der Waals surface area contributed by atoms with Crippen molar-refractivity contribution in [1.82, 2.24) is 0 Å². The van der Waals surface area contributed by atoms with Crippen molar-refractivity contribution in [3.05, 3.63) is 60.8 Å². The second-order valence-electron chi connectivity index (χ2n) is 15.9. The lowest BCUT2D eigenvalue weighted by Crippen LogP contribution is -2.50. The highest BCUT2D eigenvalue weighted by Crippen LogP contribution is 2.13. The van der Waals surface area contributed by atoms with Gasteiger partial charge in [-0.1, -0.05) is 152 Å². The molecule has 0 rings (SSSR count). The highest BCUT2D eigenvalue weighted by molar-refractivity contribution is 5.72. The van der Waals surface area contributed by atoms with E-state index in [0.717, 1.165) is 57.8 Å². The maximum Gasteiger partial charge on any atom is 0.362 e. The zero-order valence-corrected chi connectivity index (χ0v) is 36.6. The third kappa shape index (κ3) is 36.7. The van der Waals surface area contributed by atoms with Gasteiger partial charge in [-0.15, -0.1) is 0 Å². The van der Waals surface area contributed by atoms with Gasteiger partial charge in [-0.3, -0.25) is 9.59 Å². The molecule has 2 atom stereocenters. The molecule has 8 nitrogen and oxygen atoms in total. The van der Waals surface area contributed by atoms with E-state index in [9.17, 15) is 19.5 Å². The molecule has 0 aromatic heterocycles. The molecule has 0 fully saturated rings. The standard InChI is InChI=1S/C48H83NO7/c1-6-8-10-12-14-16-18-20-21-22-23-24-25-27-28-30-32-34-36-38-46(50)55-43-44(42-54-41-40-45(48(52)53)49(3,4)5)56-47(51)39-37-35-33-31-29-26-19-17-15-13-11-9-7-2/h8,10,14,16,20-21,26,29,33,35,44-45H,6-7,9,11-13,15,17-19,22-25,27-28,30-32,34,36-43H2,1-5H3/p+1/b10-8+,16-14+,21-20+,29-26+,35-33+. The molecule has 0 bridgehead atoms. The minimum atomic E-state index is -0.885. The summed E-state index contributed by atoms with van der Waals surface area (Å²) >= 11 is 0. The first-order valence-electron chi connectivity index (χ1n) is 22.3. The molecule has 0 aliphatic carbocycles. The molecule has 1 N–H and O–H groups in total. The van der Waals surface area contributed by atoms with Crippen molar-refractivity contribution >= 4 is 17.9 Å². The monoisotopic (exact) mass is 787 g/mol. The van der Waals surface area contributed by atoms with Crippen LogP contribution < -0.4 is 0 Å². The summed E-state index contributed by atoms with van der Waals surface area (Å²) in [6.45, 7) is 4.54. The summed E-state index contributed by atoms with van der Waals surface area (Å²) in [6, 6.07) is -0.625. The van der Waals surface area contributed by atoms with Gasteiger partial charge in [0.2, 0.25) is 0 Å². The minimum absolute atomic E-state index is 0.0352. The lowest BCUT2D eigenvalue weighted by molar-refractivity contribution is -0.887. The maximum absolute atomic E-state index is 12.7. The molecule has 322 valence electrons. The van der Waals surface area contributed by atoms with Gasteiger partial charge in [0.1, 0.15) is 6.61 Å². The summed E-state index contributed by atoms with van der Waals surface area (Å²) in [5.41, 5.74) is 0. The highest BCUT2D eigenvalue weighted by atomic mass is 16.6. The van der Waals surface area contributed by atoms with Gasteiger partial charge in [0.25, 0.3) is 0 Å². The first-order chi connectivity index (χ1) is 27.1. The van der Waals surface area contributed by atoms with Crippen LogP contribution in [0.4, 0.5) is 0 Å². The summed E-state index contributed by atoms with van der Waals surface area (Å²) in [7, 11) is 5.50. The van der Waals surface area contributed by atoms with Crippen molar-refractivity contribution in [2.24, 2.45) is 0 Å². The summed E-state index contributed by atoms with van der Waals surface area (Å²) in [4.78, 5) is 36.9. The Morgan fingerprint density at radius 1 is 0.554 bits per heavy atom. The number of quaternary nitrogens is 1. The molecule has 0 heterocycles. The molecule has 2 unspecified atom stereocenters. The van der Waals surface area contributed by atoms with Crippen molar-refractivity contribution in [2.45, 2.75) is 187 Å². The maximum atomic E-state index is 12.7. The number of hydrogen-bond acceptors (Lipinski definition) is 6. The van der Waals surface area contributed by atoms with Gasteiger partial charge in [-0.25, -0.2) is 4.79 Å². The molecular weight excluding hydrogens is 703 g/mol. The average molecular weight is 787 g/mol. The van der Waals surface area contributed by atoms with Gasteiger partial charge in [0.05, 0.1) is 34.4 Å². The number of allylic oxidation sites excluding steroid dienone is 10. The first kappa shape index (κ1) is 53.0. The van der Waals surface area contributed by atoms with Gasteiger partial charge in [0.15, 0.2) is 12.1 Å². The van der Waals surface area contributed by atoms with Gasteiger partial charge < -0.3 is 23.8 Å². The fourth-order valence-corrected chi connectivity index (χ4v) is 6.22. The van der Waals surface area contributed by atoms with Crippen LogP contribution in [0, 0.1) is 0 Å². The van der Waals surface area contributed by atoms with Crippen LogP contribution in [0.5, 0.6) is 0 Å². The first-order valence-corrected chi connectivity index (χ1v) is 22.3. The van der Waals surface area contributed by atoms with Crippen LogP contribution in [0.2, 0.25) is 0 Å². The number of carbonyl (C=O) groups is 3. The predicted octanol–water partition coefficient (Wildman–Crippen LogP) is 12.2. The van der Waals surface area contributed by atoms with Crippen LogP contribution >= 0.6 is 0 Å². The number of carboxylic acid groups (broad SMARTS) is 1. The van der Waals surface area contributed by atoms with Crippen LogP contribution in [-0.4, -0.2) is 80.6 Å². The Morgan fingerprint density at radius 3 is 1.55 bits per heavy atom. The number of aliphatic carboxylic acids is 1. The number of ether oxygens (including phenoxy) is 3. The summed E-state index contributed by atoms with van der Waals surface area (Å²) < 4.78 is 17.2. The fourth-order valence-electron chi connectivity index (χ4n) is 6.22. The van der Waals surface area contributed by atoms with E-state index in [1.54, 1.807) is 0 Å². The Balaban J connectivity index is 4.37. The summed E-state index contributed by atoms with van der Waals surface area (Å²) in [5, 5.41) is 9.61. The van der Waals surface area contributed by atoms with Crippen molar-refractivity contribution < 1.29 is 38.2 Å². The summed E-state index contributed by atoms with van der Waals surface area (Å²) in [5.74, 6) is -1.56. The molecule has 0 aromatic rings. The van der Waals surface area contributed by atoms with Crippen LogP contribution in [0.25, 0.3) is 0 Å². The SMILES string of the molecule is CC/C=C/C/C=C/C/C=C/CCCCCCCCCCCC(=O)OCC(COCCC(C(=O)O)[N+](C)(C)C)OC(=O)CC/C=C/C/C=C/CCCCCCCC. The molecule has 0 amide bonds. The number of unbranched alkanes of at least 4 members (excludes halogenated alkanes) is 15. The van der Waals surface area contributed by atoms with Crippen LogP contribution in [-0.2, 0) is 28.6 Å². The second-order valence-corrected chi connectivity index (χ2v) is 15.9. The van der Waals surface area contributed by atoms with Gasteiger partial charge in [-0.05, 0) is 64.2 Å². The number of hydrogen-bond donors (Lipinski definition) is 1. The molecule has 0 aliphatic rings. The Morgan fingerprint density at radius 2 is 1.04 bits per heavy atom. The highest BCUT2D eigenvalue weighted by Gasteiger charge is 2.31. The minimum Gasteiger partial charge on any atom is -0.477 e. The van der Waals surface area contributed by atoms with Crippen molar-refractivity contribution in [3.8, 4) is 0 Å². The smallest absolute Gasteiger partial charge is 0.362 e. The molecule has 0 aromatic carbocycles. The molecule has 8 heteroatoms. The Hall–Kier alpha value is -2.97. The topological polar surface area (TPSA) is 99.1 Å². The Kier molecular flexibility index (Phi) is 36.8. The molecule has 0 radical (unpaired) electrons. The van der Waals surface area contributed by atoms with Gasteiger partial charge in [-0.2, -0.15) is 0 Å². The van der Waals surface area contributed by atoms with Crippen LogP contribution in [0.1, 0.15) is 174 Å². The van der Waals surface area contributed by atoms with E-state index in [-0.39, 0.29) is 42.7 Å². The molecule has 0 aliphatic heterocycles. The number of carbonyl (C=O) groups excluding carboxylic acids is 2. The lowest BCUT2D eigenvalue weighted by atomic mass is 10.1. The molecule has 0 saturated carbocycles. The molecule has 0 saturated heterocycles. The lowest BCUT2D eigenvalue weighted by Gasteiger charge is -2.31. The van der Waals surface area contributed by atoms with Gasteiger partial charge >= 0.3 is 17.9 Å². The number of likely N-dealkylation sites (N-methyl/N-ethyl adjacent to an activating group) is 1. The third-order valence-electron chi connectivity index (χ3n) is 9.66. The molecule has 0 spiro atoms. The molecular formula is C48H84NO7+. The zero-order valence-electron chi connectivity index (χ0n) is 36.6. The van der Waals surface area contributed by atoms with Crippen LogP contribution in [0.15, 0.2) is 60.8 Å². The Bertz CT molecular complexity index is 1100.